The van der Waals surface area contributed by atoms with Gasteiger partial charge in [-0.15, -0.1) is 0 Å². The molecule has 3 heterocycles. The maximum atomic E-state index is 13.9. The van der Waals surface area contributed by atoms with E-state index in [-0.39, 0.29) is 11.8 Å². The van der Waals surface area contributed by atoms with E-state index in [0.29, 0.717) is 5.69 Å². The maximum absolute atomic E-state index is 13.9. The van der Waals surface area contributed by atoms with Gasteiger partial charge >= 0.3 is 0 Å². The van der Waals surface area contributed by atoms with Crippen molar-refractivity contribution < 1.29 is 14.4 Å². The smallest absolute Gasteiger partial charge is 0.240 e. The van der Waals surface area contributed by atoms with Crippen LogP contribution in [0.5, 0.6) is 0 Å². The predicted octanol–water partition coefficient (Wildman–Crippen LogP) is 3.59. The minimum absolute atomic E-state index is 0.128. The number of para-hydroxylation sites is 1. The van der Waals surface area contributed by atoms with Crippen molar-refractivity contribution in [2.45, 2.75) is 23.9 Å². The van der Waals surface area contributed by atoms with Gasteiger partial charge < -0.3 is 4.84 Å². The molecule has 0 unspecified atom stereocenters. The average Bonchev–Trinajstić information content (AvgIpc) is 3.34. The number of hydrogen-bond donors (Lipinski definition) is 0. The van der Waals surface area contributed by atoms with Gasteiger partial charge in [0.15, 0.2) is 0 Å². The Morgan fingerprint density at radius 2 is 1.60 bits per heavy atom. The van der Waals surface area contributed by atoms with E-state index in [9.17, 15) is 9.59 Å². The van der Waals surface area contributed by atoms with Crippen molar-refractivity contribution >= 4 is 17.5 Å². The lowest BCUT2D eigenvalue weighted by Gasteiger charge is -2.42. The van der Waals surface area contributed by atoms with Crippen LogP contribution in [-0.2, 0) is 20.0 Å². The molecule has 0 radical (unpaired) electrons. The Balaban J connectivity index is 1.62. The summed E-state index contributed by atoms with van der Waals surface area (Å²) in [4.78, 5) is 35.1. The molecule has 0 N–H and O–H groups in total. The first-order chi connectivity index (χ1) is 14.7. The molecule has 4 atom stereocenters. The third-order valence-electron chi connectivity index (χ3n) is 7.29. The van der Waals surface area contributed by atoms with Crippen molar-refractivity contribution in [3.63, 3.8) is 0 Å². The van der Waals surface area contributed by atoms with Gasteiger partial charge in [-0.3, -0.25) is 9.59 Å². The molecule has 2 aromatic rings. The topological polar surface area (TPSA) is 49.9 Å². The van der Waals surface area contributed by atoms with E-state index in [1.165, 1.54) is 4.90 Å². The SMILES string of the molecule is CON1[C@]2(c3ccccc3)C=C3C=CCC[C@]31[C@H]1C(=O)N(c3ccccc3)C(=O)[C@H]12. The van der Waals surface area contributed by atoms with E-state index in [4.69, 9.17) is 4.84 Å². The van der Waals surface area contributed by atoms with Gasteiger partial charge in [-0.1, -0.05) is 66.8 Å². The fourth-order valence-electron chi connectivity index (χ4n) is 6.32. The number of carbonyl (C=O) groups excluding carboxylic acids is 2. The zero-order valence-electron chi connectivity index (χ0n) is 16.7. The molecule has 5 nitrogen and oxygen atoms in total. The molecule has 1 aliphatic carbocycles. The second kappa shape index (κ2) is 6.00. The number of fused-ring (bicyclic) bond motifs is 3. The second-order valence-corrected chi connectivity index (χ2v) is 8.44. The molecule has 2 saturated heterocycles. The quantitative estimate of drug-likeness (QED) is 0.742. The lowest BCUT2D eigenvalue weighted by molar-refractivity contribution is -0.217. The number of allylic oxidation sites excluding steroid dienone is 1. The third-order valence-corrected chi connectivity index (χ3v) is 7.29. The summed E-state index contributed by atoms with van der Waals surface area (Å²) in [5.74, 6) is -1.28. The molecule has 2 aromatic carbocycles. The van der Waals surface area contributed by atoms with Crippen molar-refractivity contribution in [2.75, 3.05) is 12.0 Å². The number of imide groups is 1. The van der Waals surface area contributed by atoms with Crippen molar-refractivity contribution in [2.24, 2.45) is 11.8 Å². The molecule has 30 heavy (non-hydrogen) atoms. The third kappa shape index (κ3) is 1.86. The largest absolute Gasteiger partial charge is 0.300 e. The Bertz CT molecular complexity index is 1110. The molecule has 0 saturated carbocycles. The summed E-state index contributed by atoms with van der Waals surface area (Å²) in [5, 5.41) is 1.96. The molecular weight excluding hydrogens is 376 g/mol. The van der Waals surface area contributed by atoms with Gasteiger partial charge in [0.25, 0.3) is 0 Å². The minimum atomic E-state index is -0.805. The molecule has 2 fully saturated rings. The minimum Gasteiger partial charge on any atom is -0.300 e. The van der Waals surface area contributed by atoms with Crippen LogP contribution in [0.4, 0.5) is 5.69 Å². The van der Waals surface area contributed by atoms with E-state index in [0.717, 1.165) is 24.0 Å². The fourth-order valence-corrected chi connectivity index (χ4v) is 6.32. The van der Waals surface area contributed by atoms with Crippen LogP contribution in [-0.4, -0.2) is 29.5 Å². The van der Waals surface area contributed by atoms with Crippen LogP contribution in [0.25, 0.3) is 0 Å². The fraction of sp³-hybridized carbons (Fsp3) is 0.280. The van der Waals surface area contributed by atoms with Gasteiger partial charge in [-0.2, -0.15) is 5.06 Å². The van der Waals surface area contributed by atoms with E-state index >= 15 is 0 Å². The highest BCUT2D eigenvalue weighted by Crippen LogP contribution is 2.68. The number of carbonyl (C=O) groups is 2. The molecule has 3 aliphatic heterocycles. The monoisotopic (exact) mass is 398 g/mol. The lowest BCUT2D eigenvalue weighted by Crippen LogP contribution is -2.53. The Morgan fingerprint density at radius 3 is 2.30 bits per heavy atom. The van der Waals surface area contributed by atoms with Gasteiger partial charge in [0, 0.05) is 0 Å². The molecule has 150 valence electrons. The Labute approximate surface area is 175 Å². The number of nitrogens with zero attached hydrogens (tertiary/aromatic N) is 2. The highest BCUT2D eigenvalue weighted by Gasteiger charge is 2.79. The standard InChI is InChI=1S/C25H22N2O3/c1-30-27-24-15-9-8-12-18(24)16-25(27,17-10-4-2-5-11-17)21-20(24)22(28)26(23(21)29)19-13-6-3-7-14-19/h2-8,10-14,16,20-21H,9,15H2,1H3/t20-,21+,24-,25+/m1/s1. The zero-order valence-corrected chi connectivity index (χ0v) is 16.7. The summed E-state index contributed by atoms with van der Waals surface area (Å²) in [6, 6.07) is 19.2. The molecular formula is C25H22N2O3. The van der Waals surface area contributed by atoms with E-state index in [1.807, 2.05) is 65.7 Å². The normalized spacial score (nSPS) is 34.3. The van der Waals surface area contributed by atoms with Crippen molar-refractivity contribution in [1.29, 1.82) is 0 Å². The van der Waals surface area contributed by atoms with Gasteiger partial charge in [0.05, 0.1) is 30.2 Å². The number of anilines is 1. The molecule has 6 rings (SSSR count). The van der Waals surface area contributed by atoms with Crippen LogP contribution in [0.15, 0.2) is 84.5 Å². The predicted molar refractivity (Wildman–Crippen MR) is 112 cm³/mol. The molecule has 2 amide bonds. The zero-order chi connectivity index (χ0) is 20.5. The van der Waals surface area contributed by atoms with Crippen LogP contribution in [0, 0.1) is 11.8 Å². The van der Waals surface area contributed by atoms with Gasteiger partial charge in [0.2, 0.25) is 11.8 Å². The highest BCUT2D eigenvalue weighted by atomic mass is 16.7. The molecule has 4 aliphatic rings. The number of benzene rings is 2. The van der Waals surface area contributed by atoms with Crippen molar-refractivity contribution in [3.8, 4) is 0 Å². The van der Waals surface area contributed by atoms with Gasteiger partial charge in [-0.05, 0) is 36.1 Å². The summed E-state index contributed by atoms with van der Waals surface area (Å²) in [6.45, 7) is 0. The van der Waals surface area contributed by atoms with Crippen LogP contribution >= 0.6 is 0 Å². The van der Waals surface area contributed by atoms with Gasteiger partial charge in [-0.25, -0.2) is 4.90 Å². The van der Waals surface area contributed by atoms with E-state index < -0.39 is 22.9 Å². The first-order valence-electron chi connectivity index (χ1n) is 10.4. The maximum Gasteiger partial charge on any atom is 0.240 e. The summed E-state index contributed by atoms with van der Waals surface area (Å²) in [5.41, 5.74) is 1.26. The summed E-state index contributed by atoms with van der Waals surface area (Å²) in [7, 11) is 1.65. The molecule has 1 spiro atoms. The molecule has 5 heteroatoms. The first kappa shape index (κ1) is 17.8. The van der Waals surface area contributed by atoms with Crippen LogP contribution in [0.2, 0.25) is 0 Å². The van der Waals surface area contributed by atoms with E-state index in [1.54, 1.807) is 7.11 Å². The van der Waals surface area contributed by atoms with Crippen LogP contribution < -0.4 is 4.90 Å². The molecule has 2 bridgehead atoms. The molecule has 0 aromatic heterocycles. The average molecular weight is 398 g/mol. The van der Waals surface area contributed by atoms with Crippen LogP contribution in [0.1, 0.15) is 18.4 Å². The first-order valence-corrected chi connectivity index (χ1v) is 10.4. The van der Waals surface area contributed by atoms with Crippen LogP contribution in [0.3, 0.4) is 0 Å². The summed E-state index contributed by atoms with van der Waals surface area (Å²) >= 11 is 0. The lowest BCUT2D eigenvalue weighted by atomic mass is 9.64. The Hall–Kier alpha value is -3.02. The number of amides is 2. The summed E-state index contributed by atoms with van der Waals surface area (Å²) in [6.07, 6.45) is 8.02. The summed E-state index contributed by atoms with van der Waals surface area (Å²) < 4.78 is 0. The number of rotatable bonds is 3. The number of hydrogen-bond acceptors (Lipinski definition) is 4. The van der Waals surface area contributed by atoms with Gasteiger partial charge in [0.1, 0.15) is 5.54 Å². The Kier molecular flexibility index (Phi) is 3.56. The van der Waals surface area contributed by atoms with Crippen molar-refractivity contribution in [3.05, 3.63) is 90.0 Å². The van der Waals surface area contributed by atoms with Crippen molar-refractivity contribution in [1.82, 2.24) is 5.06 Å². The highest BCUT2D eigenvalue weighted by molar-refractivity contribution is 6.24. The number of hydroxylamine groups is 2. The second-order valence-electron chi connectivity index (χ2n) is 8.44. The van der Waals surface area contributed by atoms with E-state index in [2.05, 4.69) is 18.2 Å². The Morgan fingerprint density at radius 1 is 0.933 bits per heavy atom.